The lowest BCUT2D eigenvalue weighted by molar-refractivity contribution is 0.469. The number of rotatable bonds is 2. The van der Waals surface area contributed by atoms with Crippen LogP contribution in [0, 0.1) is 18.3 Å². The summed E-state index contributed by atoms with van der Waals surface area (Å²) >= 11 is 0. The van der Waals surface area contributed by atoms with Crippen molar-refractivity contribution in [2.75, 3.05) is 5.32 Å². The van der Waals surface area contributed by atoms with Crippen LogP contribution in [-0.2, 0) is 6.42 Å². The molecule has 100 valence electrons. The Bertz CT molecular complexity index is 701. The maximum Gasteiger partial charge on any atom is 0.119 e. The number of nitrogens with zero attached hydrogens (tertiary/aromatic N) is 1. The molecule has 0 aliphatic heterocycles. The molecule has 1 atom stereocenters. The summed E-state index contributed by atoms with van der Waals surface area (Å²) in [5.41, 5.74) is 4.97. The summed E-state index contributed by atoms with van der Waals surface area (Å²) in [5, 5.41) is 22.4. The summed E-state index contributed by atoms with van der Waals surface area (Å²) in [6.45, 7) is 2.03. The molecule has 1 aliphatic carbocycles. The number of hydrogen-bond acceptors (Lipinski definition) is 3. The first kappa shape index (κ1) is 12.6. The van der Waals surface area contributed by atoms with Gasteiger partial charge in [-0.05, 0) is 54.7 Å². The third-order valence-electron chi connectivity index (χ3n) is 3.94. The Morgan fingerprint density at radius 2 is 2.15 bits per heavy atom. The lowest BCUT2D eigenvalue weighted by Gasteiger charge is -2.17. The van der Waals surface area contributed by atoms with Crippen LogP contribution in [0.15, 0.2) is 36.4 Å². The van der Waals surface area contributed by atoms with E-state index in [9.17, 15) is 5.11 Å². The Morgan fingerprint density at radius 3 is 2.95 bits per heavy atom. The molecule has 0 amide bonds. The van der Waals surface area contributed by atoms with Gasteiger partial charge >= 0.3 is 0 Å². The van der Waals surface area contributed by atoms with Gasteiger partial charge in [0.05, 0.1) is 17.7 Å². The second kappa shape index (κ2) is 4.90. The molecule has 2 aromatic rings. The van der Waals surface area contributed by atoms with E-state index in [2.05, 4.69) is 17.5 Å². The van der Waals surface area contributed by atoms with Crippen LogP contribution in [0.5, 0.6) is 5.75 Å². The fraction of sp³-hybridized carbons (Fsp3) is 0.235. The first-order valence-electron chi connectivity index (χ1n) is 6.77. The van der Waals surface area contributed by atoms with Gasteiger partial charge in [0.1, 0.15) is 5.75 Å². The van der Waals surface area contributed by atoms with Crippen LogP contribution >= 0.6 is 0 Å². The van der Waals surface area contributed by atoms with E-state index in [-0.39, 0.29) is 6.04 Å². The van der Waals surface area contributed by atoms with Crippen molar-refractivity contribution in [3.63, 3.8) is 0 Å². The number of nitriles is 1. The van der Waals surface area contributed by atoms with Crippen LogP contribution in [0.25, 0.3) is 0 Å². The van der Waals surface area contributed by atoms with Crippen molar-refractivity contribution in [2.24, 2.45) is 0 Å². The fourth-order valence-corrected chi connectivity index (χ4v) is 2.82. The zero-order chi connectivity index (χ0) is 14.1. The Morgan fingerprint density at radius 1 is 1.30 bits per heavy atom. The molecule has 2 aromatic carbocycles. The number of anilines is 1. The predicted molar refractivity (Wildman–Crippen MR) is 78.7 cm³/mol. The summed E-state index contributed by atoms with van der Waals surface area (Å²) < 4.78 is 0. The van der Waals surface area contributed by atoms with Gasteiger partial charge in [0.2, 0.25) is 0 Å². The maximum atomic E-state index is 9.88. The topological polar surface area (TPSA) is 56.0 Å². The van der Waals surface area contributed by atoms with Crippen molar-refractivity contribution in [3.05, 3.63) is 58.7 Å². The molecule has 0 aromatic heterocycles. The number of phenolic OH excluding ortho intramolecular Hbond substituents is 1. The molecule has 0 fully saturated rings. The third kappa shape index (κ3) is 2.10. The maximum absolute atomic E-state index is 9.88. The zero-order valence-corrected chi connectivity index (χ0v) is 11.4. The van der Waals surface area contributed by atoms with Gasteiger partial charge in [-0.2, -0.15) is 5.26 Å². The molecule has 2 N–H and O–H groups in total. The lowest BCUT2D eigenvalue weighted by atomic mass is 10.1. The largest absolute Gasteiger partial charge is 0.508 e. The molecular formula is C17H16N2O. The third-order valence-corrected chi connectivity index (χ3v) is 3.94. The molecule has 3 heteroatoms. The second-order valence-corrected chi connectivity index (χ2v) is 5.22. The smallest absolute Gasteiger partial charge is 0.119 e. The van der Waals surface area contributed by atoms with Gasteiger partial charge in [-0.25, -0.2) is 0 Å². The second-order valence-electron chi connectivity index (χ2n) is 5.22. The van der Waals surface area contributed by atoms with Crippen LogP contribution in [-0.4, -0.2) is 5.11 Å². The van der Waals surface area contributed by atoms with Crippen molar-refractivity contribution in [2.45, 2.75) is 25.8 Å². The first-order chi connectivity index (χ1) is 9.69. The number of nitrogens with one attached hydrogen (secondary N) is 1. The number of phenols is 1. The Labute approximate surface area is 118 Å². The summed E-state index contributed by atoms with van der Waals surface area (Å²) in [6.07, 6.45) is 1.85. The average molecular weight is 264 g/mol. The highest BCUT2D eigenvalue weighted by molar-refractivity contribution is 5.58. The lowest BCUT2D eigenvalue weighted by Crippen LogP contribution is -2.08. The summed E-state index contributed by atoms with van der Waals surface area (Å²) in [7, 11) is 0. The predicted octanol–water partition coefficient (Wildman–Crippen LogP) is 3.67. The van der Waals surface area contributed by atoms with Gasteiger partial charge in [0.15, 0.2) is 0 Å². The summed E-state index contributed by atoms with van der Waals surface area (Å²) in [5.74, 6) is 0.384. The van der Waals surface area contributed by atoms with E-state index < -0.39 is 0 Å². The van der Waals surface area contributed by atoms with E-state index in [1.54, 1.807) is 6.07 Å². The quantitative estimate of drug-likeness (QED) is 0.870. The molecule has 0 heterocycles. The summed E-state index contributed by atoms with van der Waals surface area (Å²) in [4.78, 5) is 0. The number of benzene rings is 2. The minimum absolute atomic E-state index is 0.199. The normalized spacial score (nSPS) is 16.5. The summed E-state index contributed by atoms with van der Waals surface area (Å²) in [6, 6.07) is 13.7. The van der Waals surface area contributed by atoms with Gasteiger partial charge < -0.3 is 10.4 Å². The monoisotopic (exact) mass is 264 g/mol. The minimum atomic E-state index is 0.199. The van der Waals surface area contributed by atoms with E-state index in [0.717, 1.165) is 35.2 Å². The molecule has 3 rings (SSSR count). The van der Waals surface area contributed by atoms with Crippen LogP contribution in [0.1, 0.15) is 34.7 Å². The molecule has 0 spiro atoms. The Balaban J connectivity index is 1.92. The number of hydrogen-bond donors (Lipinski definition) is 2. The van der Waals surface area contributed by atoms with Gasteiger partial charge in [-0.1, -0.05) is 18.2 Å². The number of fused-ring (bicyclic) bond motifs is 1. The highest BCUT2D eigenvalue weighted by atomic mass is 16.3. The SMILES string of the molecule is Cc1ccc(C#N)cc1NC1CCc2c(O)cccc21. The van der Waals surface area contributed by atoms with Gasteiger partial charge in [0.25, 0.3) is 0 Å². The molecule has 0 saturated carbocycles. The molecule has 20 heavy (non-hydrogen) atoms. The van der Waals surface area contributed by atoms with Crippen molar-refractivity contribution < 1.29 is 5.11 Å². The molecular weight excluding hydrogens is 248 g/mol. The van der Waals surface area contributed by atoms with E-state index in [1.165, 1.54) is 0 Å². The molecule has 1 unspecified atom stereocenters. The highest BCUT2D eigenvalue weighted by Gasteiger charge is 2.24. The highest BCUT2D eigenvalue weighted by Crippen LogP contribution is 2.38. The number of aryl methyl sites for hydroxylation is 1. The minimum Gasteiger partial charge on any atom is -0.508 e. The van der Waals surface area contributed by atoms with Gasteiger partial charge in [-0.3, -0.25) is 0 Å². The fourth-order valence-electron chi connectivity index (χ4n) is 2.82. The van der Waals surface area contributed by atoms with Crippen molar-refractivity contribution in [1.82, 2.24) is 0 Å². The standard InChI is InChI=1S/C17H16N2O/c1-11-5-6-12(10-18)9-16(11)19-15-8-7-14-13(15)3-2-4-17(14)20/h2-6,9,15,19-20H,7-8H2,1H3. The van der Waals surface area contributed by atoms with Gasteiger partial charge in [0, 0.05) is 5.69 Å². The van der Waals surface area contributed by atoms with Crippen molar-refractivity contribution >= 4 is 5.69 Å². The van der Waals surface area contributed by atoms with E-state index >= 15 is 0 Å². The van der Waals surface area contributed by atoms with Crippen LogP contribution in [0.3, 0.4) is 0 Å². The molecule has 3 nitrogen and oxygen atoms in total. The molecule has 1 aliphatic rings. The van der Waals surface area contributed by atoms with E-state index in [0.29, 0.717) is 11.3 Å². The molecule has 0 bridgehead atoms. The zero-order valence-electron chi connectivity index (χ0n) is 11.4. The Kier molecular flexibility index (Phi) is 3.08. The van der Waals surface area contributed by atoms with Crippen LogP contribution < -0.4 is 5.32 Å². The molecule has 0 saturated heterocycles. The number of aromatic hydroxyl groups is 1. The van der Waals surface area contributed by atoms with E-state index in [1.807, 2.05) is 31.2 Å². The van der Waals surface area contributed by atoms with Crippen LogP contribution in [0.2, 0.25) is 0 Å². The molecule has 0 radical (unpaired) electrons. The van der Waals surface area contributed by atoms with Crippen molar-refractivity contribution in [1.29, 1.82) is 5.26 Å². The van der Waals surface area contributed by atoms with Crippen molar-refractivity contribution in [3.8, 4) is 11.8 Å². The first-order valence-corrected chi connectivity index (χ1v) is 6.77. The Hall–Kier alpha value is -2.47. The van der Waals surface area contributed by atoms with E-state index in [4.69, 9.17) is 5.26 Å². The average Bonchev–Trinajstić information content (AvgIpc) is 2.86. The van der Waals surface area contributed by atoms with Crippen LogP contribution in [0.4, 0.5) is 5.69 Å². The van der Waals surface area contributed by atoms with Gasteiger partial charge in [-0.15, -0.1) is 0 Å².